The van der Waals surface area contributed by atoms with Crippen molar-refractivity contribution in [3.8, 4) is 5.75 Å². The van der Waals surface area contributed by atoms with Crippen LogP contribution in [0.25, 0.3) is 5.65 Å². The van der Waals surface area contributed by atoms with Crippen molar-refractivity contribution < 1.29 is 14.3 Å². The topological polar surface area (TPSA) is 97.6 Å². The number of benzene rings is 2. The van der Waals surface area contributed by atoms with E-state index in [2.05, 4.69) is 34.7 Å². The average molecular weight is 476 g/mol. The lowest BCUT2D eigenvalue weighted by atomic mass is 10.0. The summed E-state index contributed by atoms with van der Waals surface area (Å²) in [6.45, 7) is 4.25. The predicted octanol–water partition coefficient (Wildman–Crippen LogP) is 4.84. The highest BCUT2D eigenvalue weighted by Crippen LogP contribution is 2.21. The van der Waals surface area contributed by atoms with Crippen molar-refractivity contribution in [2.24, 2.45) is 0 Å². The minimum Gasteiger partial charge on any atom is -0.497 e. The van der Waals surface area contributed by atoms with Crippen LogP contribution in [0.3, 0.4) is 0 Å². The third-order valence-corrected chi connectivity index (χ3v) is 6.12. The van der Waals surface area contributed by atoms with Gasteiger partial charge in [0.25, 0.3) is 5.91 Å². The van der Waals surface area contributed by atoms with Crippen molar-refractivity contribution in [1.29, 1.82) is 0 Å². The molecule has 34 heavy (non-hydrogen) atoms. The zero-order chi connectivity index (χ0) is 24.1. The van der Waals surface area contributed by atoms with Crippen LogP contribution < -0.4 is 15.4 Å². The standard InChI is InChI=1S/C25H25N5O3S/c1-16(2)17-4-7-19(8-5-17)26-23(31)15-34-25-29-28-22-13-6-18(14-30(22)25)24(32)27-20-9-11-21(33-3)12-10-20/h4-14,16H,15H2,1-3H3,(H,26,31)(H,27,32). The Hall–Kier alpha value is -3.85. The summed E-state index contributed by atoms with van der Waals surface area (Å²) in [6.07, 6.45) is 1.67. The third-order valence-electron chi connectivity index (χ3n) is 5.17. The number of fused-ring (bicyclic) bond motifs is 1. The molecule has 0 aliphatic rings. The number of thioether (sulfide) groups is 1. The molecule has 4 rings (SSSR count). The van der Waals surface area contributed by atoms with Gasteiger partial charge in [-0.2, -0.15) is 0 Å². The molecule has 0 atom stereocenters. The van der Waals surface area contributed by atoms with Crippen molar-refractivity contribution >= 4 is 40.6 Å². The van der Waals surface area contributed by atoms with Crippen LogP contribution in [0, 0.1) is 0 Å². The largest absolute Gasteiger partial charge is 0.497 e. The Bertz CT molecular complexity index is 1300. The van der Waals surface area contributed by atoms with E-state index in [1.54, 1.807) is 54.1 Å². The fraction of sp³-hybridized carbons (Fsp3) is 0.200. The highest BCUT2D eigenvalue weighted by atomic mass is 32.2. The number of nitrogens with zero attached hydrogens (tertiary/aromatic N) is 3. The van der Waals surface area contributed by atoms with E-state index in [1.165, 1.54) is 17.3 Å². The van der Waals surface area contributed by atoms with Gasteiger partial charge in [-0.25, -0.2) is 0 Å². The molecule has 0 aliphatic carbocycles. The normalized spacial score (nSPS) is 10.9. The van der Waals surface area contributed by atoms with E-state index < -0.39 is 0 Å². The molecule has 2 N–H and O–H groups in total. The van der Waals surface area contributed by atoms with Crippen LogP contribution in [0.15, 0.2) is 72.0 Å². The van der Waals surface area contributed by atoms with Crippen LogP contribution in [-0.4, -0.2) is 39.3 Å². The smallest absolute Gasteiger partial charge is 0.257 e. The average Bonchev–Trinajstić information content (AvgIpc) is 3.26. The lowest BCUT2D eigenvalue weighted by molar-refractivity contribution is -0.113. The first-order valence-electron chi connectivity index (χ1n) is 10.8. The number of carbonyl (C=O) groups excluding carboxylic acids is 2. The van der Waals surface area contributed by atoms with Gasteiger partial charge in [0.1, 0.15) is 5.75 Å². The monoisotopic (exact) mass is 475 g/mol. The van der Waals surface area contributed by atoms with Crippen LogP contribution >= 0.6 is 11.8 Å². The molecule has 2 heterocycles. The number of hydrogen-bond acceptors (Lipinski definition) is 6. The van der Waals surface area contributed by atoms with Gasteiger partial charge in [0.2, 0.25) is 5.91 Å². The van der Waals surface area contributed by atoms with Crippen LogP contribution in [0.4, 0.5) is 11.4 Å². The van der Waals surface area contributed by atoms with Crippen molar-refractivity contribution in [1.82, 2.24) is 14.6 Å². The maximum atomic E-state index is 12.7. The molecule has 174 valence electrons. The molecular weight excluding hydrogens is 450 g/mol. The van der Waals surface area contributed by atoms with Crippen molar-refractivity contribution in [2.45, 2.75) is 24.9 Å². The summed E-state index contributed by atoms with van der Waals surface area (Å²) in [5.74, 6) is 0.897. The van der Waals surface area contributed by atoms with Gasteiger partial charge in [0.05, 0.1) is 18.4 Å². The molecule has 2 amide bonds. The first-order chi connectivity index (χ1) is 16.4. The van der Waals surface area contributed by atoms with E-state index in [9.17, 15) is 9.59 Å². The molecule has 0 spiro atoms. The minimum atomic E-state index is -0.265. The second kappa shape index (κ2) is 10.4. The second-order valence-electron chi connectivity index (χ2n) is 7.92. The number of rotatable bonds is 8. The van der Waals surface area contributed by atoms with Gasteiger partial charge in [0.15, 0.2) is 10.8 Å². The Morgan fingerprint density at radius 1 is 0.941 bits per heavy atom. The molecule has 0 saturated heterocycles. The van der Waals surface area contributed by atoms with Gasteiger partial charge in [-0.15, -0.1) is 10.2 Å². The van der Waals surface area contributed by atoms with E-state index >= 15 is 0 Å². The molecule has 9 heteroatoms. The van der Waals surface area contributed by atoms with Gasteiger partial charge < -0.3 is 15.4 Å². The Labute approximate surface area is 201 Å². The summed E-state index contributed by atoms with van der Waals surface area (Å²) < 4.78 is 6.84. The Kier molecular flexibility index (Phi) is 7.12. The van der Waals surface area contributed by atoms with Gasteiger partial charge >= 0.3 is 0 Å². The number of ether oxygens (including phenoxy) is 1. The fourth-order valence-corrected chi connectivity index (χ4v) is 3.97. The van der Waals surface area contributed by atoms with Crippen molar-refractivity contribution in [3.63, 3.8) is 0 Å². The highest BCUT2D eigenvalue weighted by Gasteiger charge is 2.13. The molecule has 0 fully saturated rings. The molecule has 0 saturated carbocycles. The molecule has 0 bridgehead atoms. The zero-order valence-electron chi connectivity index (χ0n) is 19.1. The number of anilines is 2. The second-order valence-corrected chi connectivity index (χ2v) is 8.87. The van der Waals surface area contributed by atoms with Crippen molar-refractivity contribution in [3.05, 3.63) is 78.0 Å². The Morgan fingerprint density at radius 2 is 1.62 bits per heavy atom. The van der Waals surface area contributed by atoms with Crippen LogP contribution in [0.1, 0.15) is 35.7 Å². The van der Waals surface area contributed by atoms with Crippen LogP contribution in [-0.2, 0) is 4.79 Å². The molecule has 2 aromatic carbocycles. The van der Waals surface area contributed by atoms with Gasteiger partial charge in [-0.1, -0.05) is 37.7 Å². The van der Waals surface area contributed by atoms with E-state index in [1.807, 2.05) is 24.3 Å². The Balaban J connectivity index is 1.40. The number of nitrogens with one attached hydrogen (secondary N) is 2. The quantitative estimate of drug-likeness (QED) is 0.354. The predicted molar refractivity (Wildman–Crippen MR) is 134 cm³/mol. The van der Waals surface area contributed by atoms with E-state index in [0.29, 0.717) is 33.7 Å². The molecule has 4 aromatic rings. The molecule has 0 radical (unpaired) electrons. The summed E-state index contributed by atoms with van der Waals surface area (Å²) in [5, 5.41) is 14.6. The number of pyridine rings is 1. The number of hydrogen-bond donors (Lipinski definition) is 2. The van der Waals surface area contributed by atoms with E-state index in [4.69, 9.17) is 4.74 Å². The number of methoxy groups -OCH3 is 1. The van der Waals surface area contributed by atoms with E-state index in [-0.39, 0.29) is 17.6 Å². The first-order valence-corrected chi connectivity index (χ1v) is 11.7. The fourth-order valence-electron chi connectivity index (χ4n) is 3.26. The molecule has 8 nitrogen and oxygen atoms in total. The van der Waals surface area contributed by atoms with Gasteiger partial charge in [-0.3, -0.25) is 14.0 Å². The number of aromatic nitrogens is 3. The maximum Gasteiger partial charge on any atom is 0.257 e. The summed E-state index contributed by atoms with van der Waals surface area (Å²) in [4.78, 5) is 25.1. The number of carbonyl (C=O) groups is 2. The highest BCUT2D eigenvalue weighted by molar-refractivity contribution is 7.99. The summed E-state index contributed by atoms with van der Waals surface area (Å²) in [7, 11) is 1.59. The third kappa shape index (κ3) is 5.55. The summed E-state index contributed by atoms with van der Waals surface area (Å²) in [5.41, 5.74) is 3.66. The first kappa shape index (κ1) is 23.3. The van der Waals surface area contributed by atoms with Crippen LogP contribution in [0.2, 0.25) is 0 Å². The van der Waals surface area contributed by atoms with Gasteiger partial charge in [-0.05, 0) is 60.0 Å². The Morgan fingerprint density at radius 3 is 2.29 bits per heavy atom. The minimum absolute atomic E-state index is 0.146. The molecular formula is C25H25N5O3S. The van der Waals surface area contributed by atoms with Gasteiger partial charge in [0, 0.05) is 17.6 Å². The summed E-state index contributed by atoms with van der Waals surface area (Å²) in [6, 6.07) is 18.3. The van der Waals surface area contributed by atoms with Crippen LogP contribution in [0.5, 0.6) is 5.75 Å². The molecule has 2 aromatic heterocycles. The zero-order valence-corrected chi connectivity index (χ0v) is 19.9. The maximum absolute atomic E-state index is 12.7. The van der Waals surface area contributed by atoms with Crippen molar-refractivity contribution in [2.75, 3.05) is 23.5 Å². The molecule has 0 aliphatic heterocycles. The number of amides is 2. The summed E-state index contributed by atoms with van der Waals surface area (Å²) >= 11 is 1.25. The SMILES string of the molecule is COc1ccc(NC(=O)c2ccc3nnc(SCC(=O)Nc4ccc(C(C)C)cc4)n3c2)cc1. The lowest BCUT2D eigenvalue weighted by Crippen LogP contribution is -2.14. The molecule has 0 unspecified atom stereocenters. The van der Waals surface area contributed by atoms with E-state index in [0.717, 1.165) is 5.69 Å². The lowest BCUT2D eigenvalue weighted by Gasteiger charge is -2.08.